The Hall–Kier alpha value is 0.0969. The summed E-state index contributed by atoms with van der Waals surface area (Å²) in [7, 11) is 4.98. The lowest BCUT2D eigenvalue weighted by Gasteiger charge is -2.45. The van der Waals surface area contributed by atoms with Crippen LogP contribution in [0.25, 0.3) is 0 Å². The van der Waals surface area contributed by atoms with Crippen LogP contribution in [0.15, 0.2) is 0 Å². The van der Waals surface area contributed by atoms with Crippen LogP contribution in [0, 0.1) is 0 Å². The highest BCUT2D eigenvalue weighted by Crippen LogP contribution is 2.17. The summed E-state index contributed by atoms with van der Waals surface area (Å²) in [6.45, 7) is 9.08. The van der Waals surface area contributed by atoms with E-state index in [0.29, 0.717) is 0 Å². The monoisotopic (exact) mass is 231 g/mol. The van der Waals surface area contributed by atoms with Crippen LogP contribution in [0.2, 0.25) is 6.04 Å². The van der Waals surface area contributed by atoms with Crippen molar-refractivity contribution < 1.29 is 0 Å². The summed E-state index contributed by atoms with van der Waals surface area (Å²) in [5.74, 6) is 0. The quantitative estimate of drug-likeness (QED) is 0.643. The van der Waals surface area contributed by atoms with E-state index in [-0.39, 0.29) is 0 Å². The van der Waals surface area contributed by atoms with Crippen LogP contribution in [0.1, 0.15) is 33.6 Å². The fourth-order valence-electron chi connectivity index (χ4n) is 2.34. The number of unbranched alkanes of at least 4 members (excludes halogenated alkanes) is 1. The normalized spacial score (nSPS) is 16.0. The summed E-state index contributed by atoms with van der Waals surface area (Å²) < 4.78 is 5.07. The number of nitrogens with zero attached hydrogens (tertiary/aromatic N) is 2. The van der Waals surface area contributed by atoms with Gasteiger partial charge in [0.15, 0.2) is 0 Å². The zero-order valence-corrected chi connectivity index (χ0v) is 12.4. The molecule has 1 unspecified atom stereocenters. The Bertz CT molecular complexity index is 160. The molecule has 92 valence electrons. The minimum atomic E-state index is -1.58. The average molecular weight is 231 g/mol. The number of nitrogens with one attached hydrogen (secondary N) is 1. The van der Waals surface area contributed by atoms with Gasteiger partial charge in [-0.25, -0.2) is 0 Å². The number of rotatable bonds is 8. The topological polar surface area (TPSA) is 18.5 Å². The first-order chi connectivity index (χ1) is 7.08. The first kappa shape index (κ1) is 15.1. The van der Waals surface area contributed by atoms with Crippen molar-refractivity contribution in [2.24, 2.45) is 0 Å². The van der Waals surface area contributed by atoms with E-state index in [1.807, 2.05) is 0 Å². The molecule has 0 aliphatic rings. The van der Waals surface area contributed by atoms with Gasteiger partial charge >= 0.3 is 0 Å². The highest BCUT2D eigenvalue weighted by molar-refractivity contribution is 6.71. The lowest BCUT2D eigenvalue weighted by molar-refractivity contribution is 0.379. The van der Waals surface area contributed by atoms with Gasteiger partial charge in [-0.1, -0.05) is 33.6 Å². The molecule has 0 heterocycles. The van der Waals surface area contributed by atoms with Crippen LogP contribution in [0.4, 0.5) is 0 Å². The van der Waals surface area contributed by atoms with Crippen LogP contribution < -0.4 is 4.98 Å². The maximum atomic E-state index is 3.64. The highest BCUT2D eigenvalue weighted by Gasteiger charge is 2.39. The fraction of sp³-hybridized carbons (Fsp3) is 1.00. The van der Waals surface area contributed by atoms with Crippen molar-refractivity contribution in [2.75, 3.05) is 34.2 Å². The summed E-state index contributed by atoms with van der Waals surface area (Å²) >= 11 is 0. The van der Waals surface area contributed by atoms with Crippen LogP contribution in [-0.4, -0.2) is 51.9 Å². The molecule has 0 aliphatic carbocycles. The van der Waals surface area contributed by atoms with Gasteiger partial charge in [0.05, 0.1) is 0 Å². The van der Waals surface area contributed by atoms with Gasteiger partial charge in [0.2, 0.25) is 0 Å². The van der Waals surface area contributed by atoms with E-state index < -0.39 is 8.56 Å². The smallest absolute Gasteiger partial charge is 0.286 e. The molecule has 0 amide bonds. The van der Waals surface area contributed by atoms with Crippen LogP contribution in [-0.2, 0) is 0 Å². The third kappa shape index (κ3) is 3.55. The fourth-order valence-corrected chi connectivity index (χ4v) is 6.58. The van der Waals surface area contributed by atoms with E-state index in [4.69, 9.17) is 0 Å². The second-order valence-corrected chi connectivity index (χ2v) is 8.40. The Morgan fingerprint density at radius 2 is 1.60 bits per heavy atom. The van der Waals surface area contributed by atoms with Gasteiger partial charge in [-0.3, -0.25) is 0 Å². The summed E-state index contributed by atoms with van der Waals surface area (Å²) in [6, 6.07) is 1.31. The van der Waals surface area contributed by atoms with Crippen molar-refractivity contribution in [1.82, 2.24) is 14.1 Å². The maximum Gasteiger partial charge on any atom is 0.286 e. The number of hydrogen-bond donors (Lipinski definition) is 1. The Balaban J connectivity index is 4.77. The SMILES string of the molecule is CCCC[Si](NC)(N(C)C)N(CC)CC. The summed E-state index contributed by atoms with van der Waals surface area (Å²) in [5.41, 5.74) is 0. The zero-order chi connectivity index (χ0) is 11.9. The summed E-state index contributed by atoms with van der Waals surface area (Å²) in [5, 5.41) is 0. The van der Waals surface area contributed by atoms with Gasteiger partial charge < -0.3 is 14.1 Å². The average Bonchev–Trinajstić information content (AvgIpc) is 2.24. The van der Waals surface area contributed by atoms with Crippen LogP contribution >= 0.6 is 0 Å². The molecule has 0 aromatic heterocycles. The van der Waals surface area contributed by atoms with Crippen molar-refractivity contribution in [2.45, 2.75) is 39.7 Å². The van der Waals surface area contributed by atoms with Gasteiger partial charge in [0.1, 0.15) is 0 Å². The standard InChI is InChI=1S/C11H29N3Si/c1-7-10-11-15(12-4,13(5)6)14(8-2)9-3/h12H,7-11H2,1-6H3. The minimum absolute atomic E-state index is 1.14. The van der Waals surface area contributed by atoms with Gasteiger partial charge in [-0.05, 0) is 40.3 Å². The molecule has 0 saturated carbocycles. The molecule has 0 aliphatic heterocycles. The van der Waals surface area contributed by atoms with E-state index >= 15 is 0 Å². The third-order valence-corrected chi connectivity index (χ3v) is 8.32. The number of hydrogen-bond acceptors (Lipinski definition) is 3. The lowest BCUT2D eigenvalue weighted by Crippen LogP contribution is -2.71. The summed E-state index contributed by atoms with van der Waals surface area (Å²) in [6.07, 6.45) is 2.60. The molecule has 0 aromatic rings. The molecular formula is C11H29N3Si. The molecule has 0 rings (SSSR count). The zero-order valence-electron chi connectivity index (χ0n) is 11.4. The van der Waals surface area contributed by atoms with Gasteiger partial charge in [-0.2, -0.15) is 0 Å². The second-order valence-electron chi connectivity index (χ2n) is 4.24. The minimum Gasteiger partial charge on any atom is -0.316 e. The molecule has 1 N–H and O–H groups in total. The molecule has 0 radical (unpaired) electrons. The molecule has 0 bridgehead atoms. The Labute approximate surface area is 97.1 Å². The van der Waals surface area contributed by atoms with E-state index in [9.17, 15) is 0 Å². The predicted octanol–water partition coefficient (Wildman–Crippen LogP) is 1.85. The van der Waals surface area contributed by atoms with Gasteiger partial charge in [-0.15, -0.1) is 0 Å². The molecule has 1 atom stereocenters. The van der Waals surface area contributed by atoms with Gasteiger partial charge in [0, 0.05) is 0 Å². The van der Waals surface area contributed by atoms with Crippen LogP contribution in [0.5, 0.6) is 0 Å². The van der Waals surface area contributed by atoms with Gasteiger partial charge in [0.25, 0.3) is 8.56 Å². The molecule has 0 fully saturated rings. The first-order valence-corrected chi connectivity index (χ1v) is 8.30. The first-order valence-electron chi connectivity index (χ1n) is 6.20. The molecule has 3 nitrogen and oxygen atoms in total. The molecule has 0 saturated heterocycles. The van der Waals surface area contributed by atoms with E-state index in [0.717, 1.165) is 13.1 Å². The van der Waals surface area contributed by atoms with Crippen molar-refractivity contribution in [3.63, 3.8) is 0 Å². The van der Waals surface area contributed by atoms with E-state index in [1.54, 1.807) is 0 Å². The second kappa shape index (κ2) is 7.38. The maximum absolute atomic E-state index is 3.64. The lowest BCUT2D eigenvalue weighted by atomic mass is 10.4. The van der Waals surface area contributed by atoms with E-state index in [2.05, 4.69) is 56.0 Å². The molecule has 15 heavy (non-hydrogen) atoms. The van der Waals surface area contributed by atoms with Crippen molar-refractivity contribution >= 4 is 8.56 Å². The summed E-state index contributed by atoms with van der Waals surface area (Å²) in [4.78, 5) is 3.64. The third-order valence-electron chi connectivity index (χ3n) is 3.31. The Morgan fingerprint density at radius 3 is 1.87 bits per heavy atom. The highest BCUT2D eigenvalue weighted by atomic mass is 28.4. The molecule has 4 heteroatoms. The molecule has 0 spiro atoms. The van der Waals surface area contributed by atoms with E-state index in [1.165, 1.54) is 18.9 Å². The largest absolute Gasteiger partial charge is 0.316 e. The Kier molecular flexibility index (Phi) is 7.43. The van der Waals surface area contributed by atoms with Crippen molar-refractivity contribution in [3.8, 4) is 0 Å². The van der Waals surface area contributed by atoms with Crippen molar-refractivity contribution in [3.05, 3.63) is 0 Å². The Morgan fingerprint density at radius 1 is 1.07 bits per heavy atom. The van der Waals surface area contributed by atoms with Crippen molar-refractivity contribution in [1.29, 1.82) is 0 Å². The van der Waals surface area contributed by atoms with Crippen LogP contribution in [0.3, 0.4) is 0 Å². The molecule has 0 aromatic carbocycles. The molecular weight excluding hydrogens is 202 g/mol. The predicted molar refractivity (Wildman–Crippen MR) is 71.1 cm³/mol.